The van der Waals surface area contributed by atoms with E-state index in [4.69, 9.17) is 0 Å². The van der Waals surface area contributed by atoms with E-state index in [1.54, 1.807) is 5.57 Å². The minimum absolute atomic E-state index is 0.870. The Kier molecular flexibility index (Phi) is 1.14. The second kappa shape index (κ2) is 1.72. The number of halogens is 1. The highest BCUT2D eigenvalue weighted by Gasteiger charge is 2.30. The molecule has 0 spiro atoms. The highest BCUT2D eigenvalue weighted by Crippen LogP contribution is 2.44. The Morgan fingerprint density at radius 2 is 2.50 bits per heavy atom. The fourth-order valence-electron chi connectivity index (χ4n) is 1.58. The summed E-state index contributed by atoms with van der Waals surface area (Å²) in [5.74, 6) is 1.02. The zero-order chi connectivity index (χ0) is 5.56. The van der Waals surface area contributed by atoms with Crippen molar-refractivity contribution in [1.82, 2.24) is 0 Å². The monoisotopic (exact) mass is 220 g/mol. The van der Waals surface area contributed by atoms with Crippen molar-refractivity contribution < 1.29 is 0 Å². The lowest BCUT2D eigenvalue weighted by Crippen LogP contribution is -2.10. The molecule has 0 bridgehead atoms. The Labute approximate surface area is 63.5 Å². The van der Waals surface area contributed by atoms with E-state index in [0.717, 1.165) is 9.84 Å². The number of rotatable bonds is 0. The molecule has 1 fully saturated rings. The molecule has 0 saturated heterocycles. The zero-order valence-electron chi connectivity index (χ0n) is 4.73. The Balaban J connectivity index is 2.17. The van der Waals surface area contributed by atoms with Gasteiger partial charge < -0.3 is 0 Å². The lowest BCUT2D eigenvalue weighted by molar-refractivity contribution is 0.453. The minimum Gasteiger partial charge on any atom is -0.0780 e. The summed E-state index contributed by atoms with van der Waals surface area (Å²) in [6.07, 6.45) is 6.78. The van der Waals surface area contributed by atoms with Crippen molar-refractivity contribution in [2.45, 2.75) is 23.2 Å². The zero-order valence-corrected chi connectivity index (χ0v) is 6.89. The molecule has 2 unspecified atom stereocenters. The van der Waals surface area contributed by atoms with Crippen LogP contribution in [0.2, 0.25) is 0 Å². The summed E-state index contributed by atoms with van der Waals surface area (Å²) in [7, 11) is 0. The fourth-order valence-corrected chi connectivity index (χ4v) is 2.65. The summed E-state index contributed by atoms with van der Waals surface area (Å²) in [5.41, 5.74) is 1.75. The van der Waals surface area contributed by atoms with Gasteiger partial charge in [0.1, 0.15) is 0 Å². The molecule has 2 atom stereocenters. The number of fused-ring (bicyclic) bond motifs is 1. The van der Waals surface area contributed by atoms with Gasteiger partial charge in [-0.05, 0) is 25.2 Å². The van der Waals surface area contributed by atoms with Crippen molar-refractivity contribution in [3.63, 3.8) is 0 Å². The summed E-state index contributed by atoms with van der Waals surface area (Å²) in [5, 5.41) is 0. The third-order valence-corrected chi connectivity index (χ3v) is 3.08. The van der Waals surface area contributed by atoms with Crippen LogP contribution >= 0.6 is 22.6 Å². The van der Waals surface area contributed by atoms with Gasteiger partial charge in [-0.1, -0.05) is 34.2 Å². The topological polar surface area (TPSA) is 0 Å². The summed E-state index contributed by atoms with van der Waals surface area (Å²) >= 11 is 2.53. The molecule has 0 aromatic rings. The van der Waals surface area contributed by atoms with E-state index in [1.165, 1.54) is 19.3 Å². The highest BCUT2D eigenvalue weighted by atomic mass is 127. The first-order valence-corrected chi connectivity index (χ1v) is 4.45. The van der Waals surface area contributed by atoms with Gasteiger partial charge in [0.2, 0.25) is 0 Å². The van der Waals surface area contributed by atoms with E-state index in [1.807, 2.05) is 0 Å². The molecular formula is C7H9I. The smallest absolute Gasteiger partial charge is 0.0297 e. The maximum absolute atomic E-state index is 2.53. The molecule has 2 aliphatic carbocycles. The first kappa shape index (κ1) is 5.27. The van der Waals surface area contributed by atoms with Gasteiger partial charge in [-0.25, -0.2) is 0 Å². The molecule has 2 rings (SSSR count). The molecule has 0 aromatic carbocycles. The van der Waals surface area contributed by atoms with Gasteiger partial charge in [-0.15, -0.1) is 0 Å². The molecule has 2 aliphatic rings. The summed E-state index contributed by atoms with van der Waals surface area (Å²) in [4.78, 5) is 0. The maximum Gasteiger partial charge on any atom is 0.0297 e. The van der Waals surface area contributed by atoms with Crippen molar-refractivity contribution in [2.24, 2.45) is 5.92 Å². The van der Waals surface area contributed by atoms with Gasteiger partial charge in [0.15, 0.2) is 0 Å². The lowest BCUT2D eigenvalue weighted by Gasteiger charge is -2.24. The first-order chi connectivity index (χ1) is 3.86. The van der Waals surface area contributed by atoms with Crippen LogP contribution in [0.5, 0.6) is 0 Å². The Hall–Kier alpha value is 0.470. The molecule has 0 N–H and O–H groups in total. The number of allylic oxidation sites excluding steroid dienone is 2. The summed E-state index contributed by atoms with van der Waals surface area (Å²) in [6.45, 7) is 0. The quantitative estimate of drug-likeness (QED) is 0.334. The van der Waals surface area contributed by atoms with Crippen LogP contribution < -0.4 is 0 Å². The van der Waals surface area contributed by atoms with E-state index in [0.29, 0.717) is 0 Å². The van der Waals surface area contributed by atoms with Crippen LogP contribution in [0.3, 0.4) is 0 Å². The number of hydrogen-bond donors (Lipinski definition) is 0. The Morgan fingerprint density at radius 3 is 2.75 bits per heavy atom. The Bertz CT molecular complexity index is 137. The molecule has 0 aliphatic heterocycles. The molecule has 8 heavy (non-hydrogen) atoms. The molecule has 0 radical (unpaired) electrons. The molecule has 1 saturated carbocycles. The summed E-state index contributed by atoms with van der Waals surface area (Å²) < 4.78 is 0.870. The predicted octanol–water partition coefficient (Wildman–Crippen LogP) is 2.53. The summed E-state index contributed by atoms with van der Waals surface area (Å²) in [6, 6.07) is 0. The van der Waals surface area contributed by atoms with Crippen molar-refractivity contribution in [2.75, 3.05) is 0 Å². The van der Waals surface area contributed by atoms with E-state index in [2.05, 4.69) is 28.7 Å². The van der Waals surface area contributed by atoms with E-state index in [9.17, 15) is 0 Å². The van der Waals surface area contributed by atoms with Gasteiger partial charge in [0.05, 0.1) is 0 Å². The molecule has 44 valence electrons. The fraction of sp³-hybridized carbons (Fsp3) is 0.714. The van der Waals surface area contributed by atoms with Crippen LogP contribution in [0.4, 0.5) is 0 Å². The average Bonchev–Trinajstić information content (AvgIpc) is 1.91. The molecule has 0 amide bonds. The molecule has 1 heteroatoms. The van der Waals surface area contributed by atoms with Crippen LogP contribution in [0.15, 0.2) is 11.6 Å². The molecule has 0 aromatic heterocycles. The third-order valence-electron chi connectivity index (χ3n) is 2.21. The molecule has 0 nitrogen and oxygen atoms in total. The van der Waals surface area contributed by atoms with Crippen LogP contribution in [0.25, 0.3) is 0 Å². The highest BCUT2D eigenvalue weighted by molar-refractivity contribution is 14.1. The van der Waals surface area contributed by atoms with Crippen LogP contribution in [-0.2, 0) is 0 Å². The van der Waals surface area contributed by atoms with Gasteiger partial charge in [0.25, 0.3) is 0 Å². The van der Waals surface area contributed by atoms with Crippen molar-refractivity contribution in [1.29, 1.82) is 0 Å². The maximum atomic E-state index is 2.53. The Morgan fingerprint density at radius 1 is 1.62 bits per heavy atom. The van der Waals surface area contributed by atoms with E-state index in [-0.39, 0.29) is 0 Å². The van der Waals surface area contributed by atoms with Gasteiger partial charge in [0, 0.05) is 3.92 Å². The number of hydrogen-bond acceptors (Lipinski definition) is 0. The van der Waals surface area contributed by atoms with Crippen molar-refractivity contribution in [3.8, 4) is 0 Å². The standard InChI is InChI=1S/C7H9I/c8-7-3-5-1-2-6(5)4-7/h3,6-7H,1-2,4H2. The number of alkyl halides is 1. The second-order valence-electron chi connectivity index (χ2n) is 2.73. The van der Waals surface area contributed by atoms with Crippen LogP contribution in [0, 0.1) is 5.92 Å². The largest absolute Gasteiger partial charge is 0.0780 e. The van der Waals surface area contributed by atoms with Gasteiger partial charge >= 0.3 is 0 Å². The lowest BCUT2D eigenvalue weighted by atomic mass is 9.82. The molecular weight excluding hydrogens is 211 g/mol. The van der Waals surface area contributed by atoms with E-state index >= 15 is 0 Å². The van der Waals surface area contributed by atoms with E-state index < -0.39 is 0 Å². The van der Waals surface area contributed by atoms with Crippen LogP contribution in [0.1, 0.15) is 19.3 Å². The van der Waals surface area contributed by atoms with Gasteiger partial charge in [-0.3, -0.25) is 0 Å². The SMILES string of the molecule is IC1C=C2CCC2C1. The predicted molar refractivity (Wildman–Crippen MR) is 43.2 cm³/mol. The minimum atomic E-state index is 0.870. The second-order valence-corrected chi connectivity index (χ2v) is 4.33. The van der Waals surface area contributed by atoms with Crippen LogP contribution in [-0.4, -0.2) is 3.92 Å². The van der Waals surface area contributed by atoms with Gasteiger partial charge in [-0.2, -0.15) is 0 Å². The molecule has 0 heterocycles. The normalized spacial score (nSPS) is 42.9. The van der Waals surface area contributed by atoms with Crippen molar-refractivity contribution >= 4 is 22.6 Å². The average molecular weight is 220 g/mol. The third kappa shape index (κ3) is 0.634. The first-order valence-electron chi connectivity index (χ1n) is 3.21. The van der Waals surface area contributed by atoms with Crippen molar-refractivity contribution in [3.05, 3.63) is 11.6 Å².